The van der Waals surface area contributed by atoms with E-state index in [9.17, 15) is 8.42 Å². The van der Waals surface area contributed by atoms with Crippen molar-refractivity contribution in [3.05, 3.63) is 95.9 Å². The summed E-state index contributed by atoms with van der Waals surface area (Å²) in [4.78, 5) is 4.59. The van der Waals surface area contributed by atoms with Gasteiger partial charge in [0.1, 0.15) is 4.90 Å². The molecule has 4 aromatic rings. The molecule has 0 atom stereocenters. The number of nitrogens with one attached hydrogen (secondary N) is 1. The zero-order chi connectivity index (χ0) is 20.8. The molecule has 1 N–H and O–H groups in total. The first-order valence-electron chi connectivity index (χ1n) is 9.00. The van der Waals surface area contributed by atoms with Gasteiger partial charge in [0.2, 0.25) is 5.13 Å². The first-order chi connectivity index (χ1) is 14.6. The molecule has 4 rings (SSSR count). The number of aromatic nitrogens is 1. The number of hydrazone groups is 1. The molecule has 1 aromatic heterocycles. The Bertz CT molecular complexity index is 1260. The van der Waals surface area contributed by atoms with E-state index in [1.165, 1.54) is 29.7 Å². The van der Waals surface area contributed by atoms with E-state index in [1.54, 1.807) is 42.5 Å². The number of hydrogen-bond donors (Lipinski definition) is 1. The average Bonchev–Trinajstić information content (AvgIpc) is 3.25. The molecule has 3 aromatic carbocycles. The Hall–Kier alpha value is -3.49. The van der Waals surface area contributed by atoms with Gasteiger partial charge in [0.25, 0.3) is 0 Å². The quantitative estimate of drug-likeness (QED) is 0.250. The lowest BCUT2D eigenvalue weighted by atomic mass is 10.2. The van der Waals surface area contributed by atoms with E-state index in [2.05, 4.69) is 15.5 Å². The van der Waals surface area contributed by atoms with Crippen molar-refractivity contribution in [2.45, 2.75) is 4.90 Å². The maximum atomic E-state index is 12.5. The third-order valence-electron chi connectivity index (χ3n) is 4.09. The lowest BCUT2D eigenvalue weighted by Crippen LogP contribution is -2.10. The Balaban J connectivity index is 1.48. The van der Waals surface area contributed by atoms with Crippen molar-refractivity contribution in [1.82, 2.24) is 4.98 Å². The molecular formula is C22H17N3O3S2. The Kier molecular flexibility index (Phi) is 5.87. The average molecular weight is 436 g/mol. The maximum absolute atomic E-state index is 12.5. The molecule has 1 heterocycles. The highest BCUT2D eigenvalue weighted by atomic mass is 32.2. The van der Waals surface area contributed by atoms with Crippen molar-refractivity contribution >= 4 is 32.8 Å². The second-order valence-electron chi connectivity index (χ2n) is 6.16. The van der Waals surface area contributed by atoms with Crippen LogP contribution in [0.15, 0.2) is 100 Å². The number of anilines is 1. The van der Waals surface area contributed by atoms with Gasteiger partial charge in [0.05, 0.1) is 11.9 Å². The van der Waals surface area contributed by atoms with Crippen molar-refractivity contribution < 1.29 is 12.6 Å². The SMILES string of the molecule is O=S(=O)(Oc1ccccc1/C=N/Nc1nc(-c2ccccc2)cs1)c1ccccc1. The van der Waals surface area contributed by atoms with Gasteiger partial charge < -0.3 is 4.18 Å². The van der Waals surface area contributed by atoms with Crippen LogP contribution in [-0.2, 0) is 10.1 Å². The third-order valence-corrected chi connectivity index (χ3v) is 6.08. The Morgan fingerprint density at radius 2 is 1.57 bits per heavy atom. The van der Waals surface area contributed by atoms with E-state index in [4.69, 9.17) is 4.18 Å². The summed E-state index contributed by atoms with van der Waals surface area (Å²) >= 11 is 1.43. The highest BCUT2D eigenvalue weighted by Crippen LogP contribution is 2.25. The molecule has 0 spiro atoms. The van der Waals surface area contributed by atoms with Gasteiger partial charge in [-0.25, -0.2) is 4.98 Å². The van der Waals surface area contributed by atoms with Crippen LogP contribution in [0.4, 0.5) is 5.13 Å². The summed E-state index contributed by atoms with van der Waals surface area (Å²) in [5.74, 6) is 0.191. The fourth-order valence-electron chi connectivity index (χ4n) is 2.64. The molecule has 0 bridgehead atoms. The van der Waals surface area contributed by atoms with Gasteiger partial charge in [0.15, 0.2) is 5.75 Å². The molecule has 8 heteroatoms. The van der Waals surface area contributed by atoms with Crippen LogP contribution < -0.4 is 9.61 Å². The first kappa shape index (κ1) is 19.8. The zero-order valence-corrected chi connectivity index (χ0v) is 17.3. The molecule has 0 aliphatic rings. The van der Waals surface area contributed by atoms with Crippen LogP contribution in [0.1, 0.15) is 5.56 Å². The van der Waals surface area contributed by atoms with Gasteiger partial charge in [-0.15, -0.1) is 11.3 Å². The molecule has 0 saturated carbocycles. The fourth-order valence-corrected chi connectivity index (χ4v) is 4.28. The summed E-state index contributed by atoms with van der Waals surface area (Å²) in [6.45, 7) is 0. The number of benzene rings is 3. The first-order valence-corrected chi connectivity index (χ1v) is 11.3. The predicted molar refractivity (Wildman–Crippen MR) is 119 cm³/mol. The minimum absolute atomic E-state index is 0.0890. The smallest absolute Gasteiger partial charge is 0.339 e. The summed E-state index contributed by atoms with van der Waals surface area (Å²) in [6, 6.07) is 24.6. The van der Waals surface area contributed by atoms with Crippen LogP contribution in [-0.4, -0.2) is 19.6 Å². The molecule has 0 unspecified atom stereocenters. The summed E-state index contributed by atoms with van der Waals surface area (Å²) in [7, 11) is -3.93. The van der Waals surface area contributed by atoms with E-state index in [0.29, 0.717) is 10.7 Å². The van der Waals surface area contributed by atoms with E-state index in [0.717, 1.165) is 11.3 Å². The van der Waals surface area contributed by atoms with Crippen LogP contribution in [0.5, 0.6) is 5.75 Å². The molecule has 0 aliphatic heterocycles. The van der Waals surface area contributed by atoms with Crippen LogP contribution in [0, 0.1) is 0 Å². The van der Waals surface area contributed by atoms with Crippen molar-refractivity contribution in [3.63, 3.8) is 0 Å². The van der Waals surface area contributed by atoms with Gasteiger partial charge in [-0.1, -0.05) is 60.7 Å². The molecule has 0 fully saturated rings. The van der Waals surface area contributed by atoms with Crippen molar-refractivity contribution in [1.29, 1.82) is 0 Å². The van der Waals surface area contributed by atoms with Gasteiger partial charge in [-0.3, -0.25) is 5.43 Å². The minimum atomic E-state index is -3.93. The molecular weight excluding hydrogens is 418 g/mol. The standard InChI is InChI=1S/C22H17N3O3S2/c26-30(27,19-12-5-2-6-13-19)28-21-14-8-7-11-18(21)15-23-25-22-24-20(16-29-22)17-9-3-1-4-10-17/h1-16H,(H,24,25)/b23-15+. The second kappa shape index (κ2) is 8.89. The van der Waals surface area contributed by atoms with Crippen LogP contribution >= 0.6 is 11.3 Å². The van der Waals surface area contributed by atoms with Crippen LogP contribution in [0.2, 0.25) is 0 Å². The topological polar surface area (TPSA) is 80.7 Å². The van der Waals surface area contributed by atoms with Crippen LogP contribution in [0.25, 0.3) is 11.3 Å². The van der Waals surface area contributed by atoms with Crippen molar-refractivity contribution in [2.24, 2.45) is 5.10 Å². The van der Waals surface area contributed by atoms with Crippen LogP contribution in [0.3, 0.4) is 0 Å². The normalized spacial score (nSPS) is 11.5. The van der Waals surface area contributed by atoms with Gasteiger partial charge >= 0.3 is 10.1 Å². The highest BCUT2D eigenvalue weighted by molar-refractivity contribution is 7.87. The minimum Gasteiger partial charge on any atom is -0.378 e. The second-order valence-corrected chi connectivity index (χ2v) is 8.57. The van der Waals surface area contributed by atoms with Gasteiger partial charge in [-0.05, 0) is 24.3 Å². The number of rotatable bonds is 7. The summed E-state index contributed by atoms with van der Waals surface area (Å²) in [5.41, 5.74) is 5.28. The number of para-hydroxylation sites is 1. The fraction of sp³-hybridized carbons (Fsp3) is 0. The third kappa shape index (κ3) is 4.73. The lowest BCUT2D eigenvalue weighted by Gasteiger charge is -2.09. The number of nitrogens with zero attached hydrogens (tertiary/aromatic N) is 2. The summed E-state index contributed by atoms with van der Waals surface area (Å²) in [6.07, 6.45) is 1.50. The Morgan fingerprint density at radius 3 is 2.33 bits per heavy atom. The zero-order valence-electron chi connectivity index (χ0n) is 15.7. The van der Waals surface area contributed by atoms with E-state index < -0.39 is 10.1 Å². The van der Waals surface area contributed by atoms with Gasteiger partial charge in [-0.2, -0.15) is 13.5 Å². The highest BCUT2D eigenvalue weighted by Gasteiger charge is 2.17. The van der Waals surface area contributed by atoms with E-state index >= 15 is 0 Å². The van der Waals surface area contributed by atoms with Crippen molar-refractivity contribution in [3.8, 4) is 17.0 Å². The Labute approximate surface area is 178 Å². The summed E-state index contributed by atoms with van der Waals surface area (Å²) in [5, 5.41) is 6.75. The number of thiazole rings is 1. The monoisotopic (exact) mass is 435 g/mol. The maximum Gasteiger partial charge on any atom is 0.339 e. The number of hydrogen-bond acceptors (Lipinski definition) is 7. The molecule has 0 aliphatic carbocycles. The molecule has 0 radical (unpaired) electrons. The van der Waals surface area contributed by atoms with Gasteiger partial charge in [0, 0.05) is 16.5 Å². The predicted octanol–water partition coefficient (Wildman–Crippen LogP) is 5.02. The molecule has 0 saturated heterocycles. The molecule has 6 nitrogen and oxygen atoms in total. The molecule has 150 valence electrons. The van der Waals surface area contributed by atoms with E-state index in [-0.39, 0.29) is 10.6 Å². The molecule has 30 heavy (non-hydrogen) atoms. The van der Waals surface area contributed by atoms with Crippen molar-refractivity contribution in [2.75, 3.05) is 5.43 Å². The largest absolute Gasteiger partial charge is 0.378 e. The van der Waals surface area contributed by atoms with E-state index in [1.807, 2.05) is 35.7 Å². The summed E-state index contributed by atoms with van der Waals surface area (Å²) < 4.78 is 30.3. The lowest BCUT2D eigenvalue weighted by molar-refractivity contribution is 0.485. The molecule has 0 amide bonds. The Morgan fingerprint density at radius 1 is 0.900 bits per heavy atom.